The van der Waals surface area contributed by atoms with Gasteiger partial charge in [-0.3, -0.25) is 9.69 Å². The molecule has 0 saturated heterocycles. The molecule has 2 aromatic carbocycles. The molecule has 5 nitrogen and oxygen atoms in total. The molecule has 2 atom stereocenters. The summed E-state index contributed by atoms with van der Waals surface area (Å²) in [5, 5.41) is 0.491. The topological polar surface area (TPSA) is 67.9 Å². The van der Waals surface area contributed by atoms with Gasteiger partial charge < -0.3 is 10.5 Å². The first-order valence-corrected chi connectivity index (χ1v) is 8.64. The van der Waals surface area contributed by atoms with E-state index in [0.717, 1.165) is 0 Å². The first-order valence-electron chi connectivity index (χ1n) is 8.26. The van der Waals surface area contributed by atoms with Crippen molar-refractivity contribution in [3.8, 4) is 5.75 Å². The van der Waals surface area contributed by atoms with E-state index in [1.807, 2.05) is 0 Å². The fraction of sp³-hybridized carbons (Fsp3) is 0.263. The minimum absolute atomic E-state index is 0.0279. The van der Waals surface area contributed by atoms with Crippen molar-refractivity contribution < 1.29 is 22.7 Å². The number of likely N-dealkylation sites (N-methyl/N-ethyl adjacent to an activating group) is 1. The highest BCUT2D eigenvalue weighted by Crippen LogP contribution is 2.45. The molecule has 0 aliphatic carbocycles. The minimum Gasteiger partial charge on any atom is -0.406 e. The Balaban J connectivity index is 2.15. The molecule has 1 aliphatic rings. The summed E-state index contributed by atoms with van der Waals surface area (Å²) in [5.41, 5.74) is 5.64. The quantitative estimate of drug-likeness (QED) is 0.829. The maximum Gasteiger partial charge on any atom is 0.573 e. The number of nitrogens with two attached hydrogens (primary N) is 1. The fourth-order valence-electron chi connectivity index (χ4n) is 3.29. The van der Waals surface area contributed by atoms with Crippen molar-refractivity contribution in [3.05, 3.63) is 64.7 Å². The monoisotopic (exact) mass is 411 g/mol. The van der Waals surface area contributed by atoms with Crippen LogP contribution in [0.4, 0.5) is 13.2 Å². The number of hydrogen-bond acceptors (Lipinski definition) is 4. The Labute approximate surface area is 164 Å². The van der Waals surface area contributed by atoms with Crippen LogP contribution >= 0.6 is 11.6 Å². The SMILES string of the molecule is CN1C(=O)[C@@H](c2ccc(Cl)cc2)[C@@](C)(c2cccc(OC(F)(F)F)c2)N=C1N. The van der Waals surface area contributed by atoms with Gasteiger partial charge in [0.25, 0.3) is 0 Å². The summed E-state index contributed by atoms with van der Waals surface area (Å²) >= 11 is 5.94. The van der Waals surface area contributed by atoms with Crippen molar-refractivity contribution in [2.75, 3.05) is 7.05 Å². The zero-order valence-corrected chi connectivity index (χ0v) is 15.8. The molecule has 0 bridgehead atoms. The number of aliphatic imine (C=N–C) groups is 1. The maximum absolute atomic E-state index is 13.0. The van der Waals surface area contributed by atoms with Crippen LogP contribution in [0.15, 0.2) is 53.5 Å². The van der Waals surface area contributed by atoms with Gasteiger partial charge in [0.05, 0.1) is 5.92 Å². The van der Waals surface area contributed by atoms with Crippen LogP contribution in [-0.4, -0.2) is 30.2 Å². The molecular weight excluding hydrogens is 395 g/mol. The molecule has 0 fully saturated rings. The first-order chi connectivity index (χ1) is 13.0. The van der Waals surface area contributed by atoms with Crippen LogP contribution in [-0.2, 0) is 10.3 Å². The third-order valence-electron chi connectivity index (χ3n) is 4.69. The number of alkyl halides is 3. The van der Waals surface area contributed by atoms with E-state index in [2.05, 4.69) is 9.73 Å². The predicted molar refractivity (Wildman–Crippen MR) is 99.1 cm³/mol. The number of benzene rings is 2. The molecular formula is C19H17ClF3N3O2. The molecule has 9 heteroatoms. The summed E-state index contributed by atoms with van der Waals surface area (Å²) in [5.74, 6) is -1.58. The lowest BCUT2D eigenvalue weighted by Crippen LogP contribution is -2.52. The average molecular weight is 412 g/mol. The molecule has 2 N–H and O–H groups in total. The van der Waals surface area contributed by atoms with Crippen molar-refractivity contribution in [1.29, 1.82) is 0 Å². The van der Waals surface area contributed by atoms with E-state index < -0.39 is 23.6 Å². The van der Waals surface area contributed by atoms with Gasteiger partial charge in [0.1, 0.15) is 11.3 Å². The van der Waals surface area contributed by atoms with Gasteiger partial charge in [-0.1, -0.05) is 35.9 Å². The second kappa shape index (κ2) is 7.01. The lowest BCUT2D eigenvalue weighted by molar-refractivity contribution is -0.274. The van der Waals surface area contributed by atoms with E-state index >= 15 is 0 Å². The van der Waals surface area contributed by atoms with Crippen LogP contribution in [0.2, 0.25) is 5.02 Å². The number of carbonyl (C=O) groups excluding carboxylic acids is 1. The average Bonchev–Trinajstić information content (AvgIpc) is 2.60. The van der Waals surface area contributed by atoms with Gasteiger partial charge in [0.2, 0.25) is 5.91 Å². The van der Waals surface area contributed by atoms with E-state index in [4.69, 9.17) is 17.3 Å². The van der Waals surface area contributed by atoms with Gasteiger partial charge >= 0.3 is 6.36 Å². The highest BCUT2D eigenvalue weighted by molar-refractivity contribution is 6.30. The second-order valence-electron chi connectivity index (χ2n) is 6.57. The number of hydrogen-bond donors (Lipinski definition) is 1. The molecule has 1 amide bonds. The Morgan fingerprint density at radius 3 is 2.46 bits per heavy atom. The van der Waals surface area contributed by atoms with E-state index in [9.17, 15) is 18.0 Å². The summed E-state index contributed by atoms with van der Waals surface area (Å²) in [6.45, 7) is 1.65. The molecule has 3 rings (SSSR count). The predicted octanol–water partition coefficient (Wildman–Crippen LogP) is 4.02. The van der Waals surface area contributed by atoms with E-state index in [1.165, 1.54) is 30.1 Å². The molecule has 1 aliphatic heterocycles. The summed E-state index contributed by atoms with van der Waals surface area (Å²) in [7, 11) is 1.49. The number of halogens is 4. The second-order valence-corrected chi connectivity index (χ2v) is 7.01. The normalized spacial score (nSPS) is 22.8. The van der Waals surface area contributed by atoms with E-state index in [1.54, 1.807) is 37.3 Å². The van der Waals surface area contributed by atoms with Crippen molar-refractivity contribution in [1.82, 2.24) is 4.90 Å². The number of guanidine groups is 1. The van der Waals surface area contributed by atoms with Gasteiger partial charge in [-0.2, -0.15) is 0 Å². The first kappa shape index (κ1) is 20.0. The standard InChI is InChI=1S/C19H17ClF3N3O2/c1-18(12-4-3-5-14(10-12)28-19(21,22)23)15(11-6-8-13(20)9-7-11)16(27)26(2)17(24)25-18/h3-10,15H,1-2H3,(H2,24,25)/t15-,18-/m1/s1. The number of nitrogens with zero attached hydrogens (tertiary/aromatic N) is 2. The van der Waals surface area contributed by atoms with Crippen molar-refractivity contribution in [3.63, 3.8) is 0 Å². The van der Waals surface area contributed by atoms with Crippen LogP contribution in [0.3, 0.4) is 0 Å². The molecule has 0 radical (unpaired) electrons. The number of amides is 1. The Bertz CT molecular complexity index is 931. The number of carbonyl (C=O) groups is 1. The van der Waals surface area contributed by atoms with Crippen molar-refractivity contribution in [2.45, 2.75) is 24.7 Å². The van der Waals surface area contributed by atoms with Gasteiger partial charge in [0.15, 0.2) is 5.96 Å². The van der Waals surface area contributed by atoms with Gasteiger partial charge in [-0.05, 0) is 42.3 Å². The molecule has 0 aromatic heterocycles. The highest BCUT2D eigenvalue weighted by atomic mass is 35.5. The third kappa shape index (κ3) is 3.77. The third-order valence-corrected chi connectivity index (χ3v) is 4.94. The smallest absolute Gasteiger partial charge is 0.406 e. The minimum atomic E-state index is -4.83. The summed E-state index contributed by atoms with van der Waals surface area (Å²) in [6, 6.07) is 12.0. The van der Waals surface area contributed by atoms with Crippen LogP contribution in [0, 0.1) is 0 Å². The number of ether oxygens (including phenoxy) is 1. The Hall–Kier alpha value is -2.74. The van der Waals surface area contributed by atoms with Crippen molar-refractivity contribution in [2.24, 2.45) is 10.7 Å². The van der Waals surface area contributed by atoms with Crippen LogP contribution < -0.4 is 10.5 Å². The zero-order chi connectivity index (χ0) is 20.7. The Kier molecular flexibility index (Phi) is 5.01. The molecule has 1 heterocycles. The lowest BCUT2D eigenvalue weighted by Gasteiger charge is -2.41. The number of rotatable bonds is 3. The molecule has 28 heavy (non-hydrogen) atoms. The molecule has 0 saturated carbocycles. The maximum atomic E-state index is 13.0. The fourth-order valence-corrected chi connectivity index (χ4v) is 3.41. The van der Waals surface area contributed by atoms with Crippen LogP contribution in [0.25, 0.3) is 0 Å². The van der Waals surface area contributed by atoms with E-state index in [0.29, 0.717) is 16.1 Å². The van der Waals surface area contributed by atoms with Gasteiger partial charge in [0, 0.05) is 12.1 Å². The summed E-state index contributed by atoms with van der Waals surface area (Å²) in [6.07, 6.45) is -4.83. The van der Waals surface area contributed by atoms with E-state index in [-0.39, 0.29) is 11.9 Å². The molecule has 0 unspecified atom stereocenters. The van der Waals surface area contributed by atoms with Crippen LogP contribution in [0.5, 0.6) is 5.75 Å². The van der Waals surface area contributed by atoms with Gasteiger partial charge in [-0.25, -0.2) is 4.99 Å². The lowest BCUT2D eigenvalue weighted by atomic mass is 9.74. The Morgan fingerprint density at radius 1 is 1.21 bits per heavy atom. The van der Waals surface area contributed by atoms with Gasteiger partial charge in [-0.15, -0.1) is 13.2 Å². The molecule has 148 valence electrons. The van der Waals surface area contributed by atoms with Crippen LogP contribution in [0.1, 0.15) is 24.0 Å². The zero-order valence-electron chi connectivity index (χ0n) is 15.0. The summed E-state index contributed by atoms with van der Waals surface area (Å²) in [4.78, 5) is 18.7. The van der Waals surface area contributed by atoms with Crippen molar-refractivity contribution >= 4 is 23.5 Å². The highest BCUT2D eigenvalue weighted by Gasteiger charge is 2.47. The summed E-state index contributed by atoms with van der Waals surface area (Å²) < 4.78 is 41.9. The Morgan fingerprint density at radius 2 is 1.86 bits per heavy atom. The molecule has 0 spiro atoms. The largest absolute Gasteiger partial charge is 0.573 e. The molecule has 2 aromatic rings.